The van der Waals surface area contributed by atoms with E-state index in [0.29, 0.717) is 5.56 Å². The molecule has 2 heterocycles. The smallest absolute Gasteiger partial charge is 0.253 e. The van der Waals surface area contributed by atoms with E-state index < -0.39 is 0 Å². The summed E-state index contributed by atoms with van der Waals surface area (Å²) in [5.41, 5.74) is 2.78. The Balaban J connectivity index is 1.99. The molecule has 0 radical (unpaired) electrons. The van der Waals surface area contributed by atoms with Gasteiger partial charge in [-0.05, 0) is 43.5 Å². The summed E-state index contributed by atoms with van der Waals surface area (Å²) in [4.78, 5) is 22.5. The maximum absolute atomic E-state index is 12.2. The fourth-order valence-corrected chi connectivity index (χ4v) is 2.15. The minimum atomic E-state index is -0.0729. The van der Waals surface area contributed by atoms with Gasteiger partial charge in [-0.1, -0.05) is 6.92 Å². The topological polar surface area (TPSA) is 58.1 Å². The van der Waals surface area contributed by atoms with E-state index in [0.717, 1.165) is 25.1 Å². The maximum Gasteiger partial charge on any atom is 0.253 e. The summed E-state index contributed by atoms with van der Waals surface area (Å²) in [6, 6.07) is 6.08. The lowest BCUT2D eigenvalue weighted by atomic mass is 10.2. The highest BCUT2D eigenvalue weighted by Gasteiger charge is 2.11. The molecule has 122 valence electrons. The molecule has 0 aromatic carbocycles. The van der Waals surface area contributed by atoms with Crippen LogP contribution in [0.1, 0.15) is 36.2 Å². The summed E-state index contributed by atoms with van der Waals surface area (Å²) in [7, 11) is 2.01. The molecule has 0 saturated heterocycles. The van der Waals surface area contributed by atoms with Gasteiger partial charge in [-0.3, -0.25) is 14.8 Å². The van der Waals surface area contributed by atoms with E-state index in [4.69, 9.17) is 0 Å². The van der Waals surface area contributed by atoms with Gasteiger partial charge in [0.15, 0.2) is 0 Å². The molecule has 0 aliphatic rings. The number of hydrogen-bond acceptors (Lipinski definition) is 4. The molecule has 0 spiro atoms. The predicted molar refractivity (Wildman–Crippen MR) is 92.7 cm³/mol. The number of amides is 1. The lowest BCUT2D eigenvalue weighted by Crippen LogP contribution is -2.32. The predicted octanol–water partition coefficient (Wildman–Crippen LogP) is 2.68. The molecular formula is C18H24N4O. The highest BCUT2D eigenvalue weighted by Crippen LogP contribution is 2.14. The highest BCUT2D eigenvalue weighted by atomic mass is 16.1. The summed E-state index contributed by atoms with van der Waals surface area (Å²) in [6.45, 7) is 4.89. The first-order chi connectivity index (χ1) is 11.1. The second kappa shape index (κ2) is 8.27. The normalized spacial score (nSPS) is 11.8. The van der Waals surface area contributed by atoms with Crippen LogP contribution in [0.15, 0.2) is 43.0 Å². The van der Waals surface area contributed by atoms with Crippen LogP contribution in [0.3, 0.4) is 0 Å². The maximum atomic E-state index is 12.2. The molecule has 0 aliphatic carbocycles. The average Bonchev–Trinajstić information content (AvgIpc) is 2.60. The van der Waals surface area contributed by atoms with Gasteiger partial charge < -0.3 is 10.2 Å². The Morgan fingerprint density at radius 2 is 2.00 bits per heavy atom. The van der Waals surface area contributed by atoms with E-state index in [-0.39, 0.29) is 11.9 Å². The van der Waals surface area contributed by atoms with E-state index in [1.54, 1.807) is 24.8 Å². The second-order valence-electron chi connectivity index (χ2n) is 5.74. The molecule has 1 unspecified atom stereocenters. The first-order valence-electron chi connectivity index (χ1n) is 7.96. The number of carbonyl (C=O) groups is 1. The fraction of sp³-hybridized carbons (Fsp3) is 0.389. The number of pyridine rings is 2. The molecular weight excluding hydrogens is 288 g/mol. The van der Waals surface area contributed by atoms with Crippen LogP contribution >= 0.6 is 0 Å². The summed E-state index contributed by atoms with van der Waals surface area (Å²) >= 11 is 0. The Bertz CT molecular complexity index is 630. The summed E-state index contributed by atoms with van der Waals surface area (Å²) in [5, 5.41) is 2.97. The number of hydrogen-bond donors (Lipinski definition) is 1. The van der Waals surface area contributed by atoms with Gasteiger partial charge in [-0.25, -0.2) is 0 Å². The monoisotopic (exact) mass is 312 g/mol. The van der Waals surface area contributed by atoms with Crippen LogP contribution < -0.4 is 10.2 Å². The third-order valence-corrected chi connectivity index (χ3v) is 3.90. The fourth-order valence-electron chi connectivity index (χ4n) is 2.15. The van der Waals surface area contributed by atoms with Crippen molar-refractivity contribution in [1.82, 2.24) is 15.3 Å². The van der Waals surface area contributed by atoms with Crippen LogP contribution in [0, 0.1) is 0 Å². The number of rotatable bonds is 7. The van der Waals surface area contributed by atoms with Crippen molar-refractivity contribution >= 4 is 11.6 Å². The van der Waals surface area contributed by atoms with Crippen LogP contribution in [0.2, 0.25) is 0 Å². The number of nitrogens with zero attached hydrogens (tertiary/aromatic N) is 3. The molecule has 0 aliphatic heterocycles. The van der Waals surface area contributed by atoms with Gasteiger partial charge >= 0.3 is 0 Å². The highest BCUT2D eigenvalue weighted by molar-refractivity contribution is 5.94. The first-order valence-corrected chi connectivity index (χ1v) is 7.96. The Labute approximate surface area is 137 Å². The lowest BCUT2D eigenvalue weighted by molar-refractivity contribution is 0.0939. The van der Waals surface area contributed by atoms with Gasteiger partial charge in [0.25, 0.3) is 5.91 Å². The average molecular weight is 312 g/mol. The van der Waals surface area contributed by atoms with Gasteiger partial charge in [0.2, 0.25) is 0 Å². The van der Waals surface area contributed by atoms with E-state index in [9.17, 15) is 4.79 Å². The van der Waals surface area contributed by atoms with Gasteiger partial charge in [0, 0.05) is 38.2 Å². The third-order valence-electron chi connectivity index (χ3n) is 3.90. The molecule has 2 aromatic rings. The van der Waals surface area contributed by atoms with E-state index in [1.807, 2.05) is 39.1 Å². The van der Waals surface area contributed by atoms with E-state index >= 15 is 0 Å². The molecule has 2 aromatic heterocycles. The molecule has 0 bridgehead atoms. The van der Waals surface area contributed by atoms with Gasteiger partial charge in [0.1, 0.15) is 0 Å². The number of likely N-dealkylation sites (N-methyl/N-ethyl adjacent to an activating group) is 1. The molecule has 0 saturated carbocycles. The third kappa shape index (κ3) is 5.06. The molecule has 1 N–H and O–H groups in total. The minimum Gasteiger partial charge on any atom is -0.373 e. The van der Waals surface area contributed by atoms with Gasteiger partial charge in [-0.2, -0.15) is 0 Å². The summed E-state index contributed by atoms with van der Waals surface area (Å²) in [6.07, 6.45) is 8.82. The van der Waals surface area contributed by atoms with Crippen LogP contribution in [-0.4, -0.2) is 35.5 Å². The molecule has 1 atom stereocenters. The van der Waals surface area contributed by atoms with Crippen molar-refractivity contribution in [2.75, 3.05) is 18.5 Å². The number of anilines is 1. The largest absolute Gasteiger partial charge is 0.373 e. The number of nitrogens with one attached hydrogen (secondary N) is 1. The van der Waals surface area contributed by atoms with Crippen LogP contribution in [0.5, 0.6) is 0 Å². The van der Waals surface area contributed by atoms with Gasteiger partial charge in [-0.15, -0.1) is 0 Å². The Morgan fingerprint density at radius 1 is 1.26 bits per heavy atom. The van der Waals surface area contributed by atoms with Gasteiger partial charge in [0.05, 0.1) is 17.4 Å². The standard InChI is InChI=1S/C18H24N4O/c1-4-14(2)21-18(23)16-11-17(13-20-12-16)22(3)10-7-15-5-8-19-9-6-15/h5-6,8-9,11-14H,4,7,10H2,1-3H3,(H,21,23). The van der Waals surface area contributed by atoms with Crippen LogP contribution in [0.4, 0.5) is 5.69 Å². The van der Waals surface area contributed by atoms with Crippen LogP contribution in [-0.2, 0) is 6.42 Å². The van der Waals surface area contributed by atoms with Crippen molar-refractivity contribution < 1.29 is 4.79 Å². The number of carbonyl (C=O) groups excluding carboxylic acids is 1. The van der Waals surface area contributed by atoms with E-state index in [2.05, 4.69) is 20.2 Å². The molecule has 5 nitrogen and oxygen atoms in total. The van der Waals surface area contributed by atoms with Crippen molar-refractivity contribution in [3.05, 3.63) is 54.1 Å². The molecule has 5 heteroatoms. The summed E-state index contributed by atoms with van der Waals surface area (Å²) in [5.74, 6) is -0.0729. The Kier molecular flexibility index (Phi) is 6.09. The Hall–Kier alpha value is -2.43. The van der Waals surface area contributed by atoms with Crippen molar-refractivity contribution in [3.63, 3.8) is 0 Å². The van der Waals surface area contributed by atoms with Crippen molar-refractivity contribution in [3.8, 4) is 0 Å². The SMILES string of the molecule is CCC(C)NC(=O)c1cncc(N(C)CCc2ccncc2)c1. The zero-order valence-corrected chi connectivity index (χ0v) is 14.0. The van der Waals surface area contributed by atoms with Crippen molar-refractivity contribution in [2.45, 2.75) is 32.7 Å². The van der Waals surface area contributed by atoms with Crippen molar-refractivity contribution in [1.29, 1.82) is 0 Å². The minimum absolute atomic E-state index is 0.0729. The zero-order chi connectivity index (χ0) is 16.7. The molecule has 23 heavy (non-hydrogen) atoms. The van der Waals surface area contributed by atoms with Crippen LogP contribution in [0.25, 0.3) is 0 Å². The quantitative estimate of drug-likeness (QED) is 0.854. The summed E-state index contributed by atoms with van der Waals surface area (Å²) < 4.78 is 0. The second-order valence-corrected chi connectivity index (χ2v) is 5.74. The number of aromatic nitrogens is 2. The molecule has 1 amide bonds. The van der Waals surface area contributed by atoms with Crippen molar-refractivity contribution in [2.24, 2.45) is 0 Å². The lowest BCUT2D eigenvalue weighted by Gasteiger charge is -2.20. The molecule has 2 rings (SSSR count). The van der Waals surface area contributed by atoms with E-state index in [1.165, 1.54) is 5.56 Å². The zero-order valence-electron chi connectivity index (χ0n) is 14.0. The Morgan fingerprint density at radius 3 is 2.70 bits per heavy atom. The first kappa shape index (κ1) is 16.9. The molecule has 0 fully saturated rings.